The van der Waals surface area contributed by atoms with Crippen molar-refractivity contribution in [3.8, 4) is 5.75 Å². The van der Waals surface area contributed by atoms with Gasteiger partial charge >= 0.3 is 5.97 Å². The van der Waals surface area contributed by atoms with E-state index in [-0.39, 0.29) is 16.3 Å². The van der Waals surface area contributed by atoms with Gasteiger partial charge in [-0.15, -0.1) is 0 Å². The fourth-order valence-electron chi connectivity index (χ4n) is 1.58. The van der Waals surface area contributed by atoms with Crippen LogP contribution < -0.4 is 9.46 Å². The maximum absolute atomic E-state index is 12.1. The number of carbonyl (C=O) groups is 1. The Morgan fingerprint density at radius 1 is 1.50 bits per heavy atom. The highest BCUT2D eigenvalue weighted by atomic mass is 35.5. The molecule has 0 aliphatic heterocycles. The summed E-state index contributed by atoms with van der Waals surface area (Å²) in [5, 5.41) is 8.89. The van der Waals surface area contributed by atoms with Gasteiger partial charge in [-0.3, -0.25) is 4.79 Å². The molecule has 0 heterocycles. The molecule has 1 rings (SSSR count). The van der Waals surface area contributed by atoms with E-state index in [0.717, 1.165) is 0 Å². The molecule has 1 aromatic rings. The van der Waals surface area contributed by atoms with E-state index in [1.807, 2.05) is 0 Å². The van der Waals surface area contributed by atoms with Crippen LogP contribution >= 0.6 is 11.6 Å². The van der Waals surface area contributed by atoms with Gasteiger partial charge < -0.3 is 9.84 Å². The highest BCUT2D eigenvalue weighted by molar-refractivity contribution is 7.89. The molecule has 0 amide bonds. The smallest absolute Gasteiger partial charge is 0.304 e. The normalized spacial score (nSPS) is 12.9. The number of hydrogen-bond donors (Lipinski definition) is 2. The van der Waals surface area contributed by atoms with E-state index in [1.165, 1.54) is 25.3 Å². The number of sulfonamides is 1. The molecular formula is C12H16ClNO5S. The van der Waals surface area contributed by atoms with Gasteiger partial charge in [0.1, 0.15) is 5.75 Å². The number of halogens is 1. The molecule has 0 aliphatic carbocycles. The fraction of sp³-hybridized carbons (Fsp3) is 0.417. The fourth-order valence-corrected chi connectivity index (χ4v) is 3.25. The van der Waals surface area contributed by atoms with Crippen molar-refractivity contribution < 1.29 is 23.1 Å². The topological polar surface area (TPSA) is 92.7 Å². The third-order valence-corrected chi connectivity index (χ3v) is 4.48. The van der Waals surface area contributed by atoms with Gasteiger partial charge in [-0.2, -0.15) is 0 Å². The Bertz CT molecular complexity index is 588. The van der Waals surface area contributed by atoms with Crippen molar-refractivity contribution in [2.24, 2.45) is 0 Å². The molecule has 0 spiro atoms. The lowest BCUT2D eigenvalue weighted by atomic mass is 10.2. The predicted octanol–water partition coefficient (Wildman–Crippen LogP) is 1.88. The monoisotopic (exact) mass is 321 g/mol. The van der Waals surface area contributed by atoms with Gasteiger partial charge in [0.2, 0.25) is 10.0 Å². The van der Waals surface area contributed by atoms with Crippen molar-refractivity contribution in [3.05, 3.63) is 23.2 Å². The standard InChI is InChI=1S/C12H16ClNO5S/c1-3-8(6-12(15)16)14-20(17,18)9-4-5-11(19-2)10(13)7-9/h4-5,7-8,14H,3,6H2,1-2H3,(H,15,16). The predicted molar refractivity (Wildman–Crippen MR) is 74.7 cm³/mol. The van der Waals surface area contributed by atoms with Crippen LogP contribution in [-0.2, 0) is 14.8 Å². The van der Waals surface area contributed by atoms with Crippen LogP contribution in [0.5, 0.6) is 5.75 Å². The average molecular weight is 322 g/mol. The SMILES string of the molecule is CCC(CC(=O)O)NS(=O)(=O)c1ccc(OC)c(Cl)c1. The number of carboxylic acid groups (broad SMARTS) is 1. The molecule has 6 nitrogen and oxygen atoms in total. The van der Waals surface area contributed by atoms with E-state index in [9.17, 15) is 13.2 Å². The van der Waals surface area contributed by atoms with Crippen molar-refractivity contribution in [3.63, 3.8) is 0 Å². The van der Waals surface area contributed by atoms with E-state index >= 15 is 0 Å². The molecule has 0 fully saturated rings. The summed E-state index contributed by atoms with van der Waals surface area (Å²) in [5.41, 5.74) is 0. The number of hydrogen-bond acceptors (Lipinski definition) is 4. The van der Waals surface area contributed by atoms with Crippen LogP contribution in [0.3, 0.4) is 0 Å². The molecule has 0 saturated carbocycles. The Morgan fingerprint density at radius 3 is 2.60 bits per heavy atom. The Morgan fingerprint density at radius 2 is 2.15 bits per heavy atom. The Hall–Kier alpha value is -1.31. The summed E-state index contributed by atoms with van der Waals surface area (Å²) in [7, 11) is -2.39. The Labute approximate surface area is 122 Å². The molecule has 0 aliphatic rings. The highest BCUT2D eigenvalue weighted by Crippen LogP contribution is 2.27. The molecule has 112 valence electrons. The third-order valence-electron chi connectivity index (χ3n) is 2.67. The summed E-state index contributed by atoms with van der Waals surface area (Å²) in [4.78, 5) is 10.6. The number of nitrogens with one attached hydrogen (secondary N) is 1. The quantitative estimate of drug-likeness (QED) is 0.800. The second kappa shape index (κ2) is 6.92. The lowest BCUT2D eigenvalue weighted by Crippen LogP contribution is -2.36. The van der Waals surface area contributed by atoms with E-state index < -0.39 is 22.0 Å². The second-order valence-electron chi connectivity index (χ2n) is 4.12. The van der Waals surface area contributed by atoms with E-state index in [1.54, 1.807) is 6.92 Å². The summed E-state index contributed by atoms with van der Waals surface area (Å²) >= 11 is 5.88. The zero-order valence-corrected chi connectivity index (χ0v) is 12.7. The highest BCUT2D eigenvalue weighted by Gasteiger charge is 2.21. The molecule has 0 bridgehead atoms. The first-order chi connectivity index (χ1) is 9.30. The molecular weight excluding hydrogens is 306 g/mol. The minimum Gasteiger partial charge on any atom is -0.495 e. The van der Waals surface area contributed by atoms with Crippen LogP contribution in [0.4, 0.5) is 0 Å². The van der Waals surface area contributed by atoms with Crippen LogP contribution in [-0.4, -0.2) is 32.6 Å². The molecule has 0 saturated heterocycles. The van der Waals surface area contributed by atoms with Crippen LogP contribution in [0, 0.1) is 0 Å². The molecule has 20 heavy (non-hydrogen) atoms. The van der Waals surface area contributed by atoms with Crippen molar-refractivity contribution in [1.82, 2.24) is 4.72 Å². The van der Waals surface area contributed by atoms with Crippen molar-refractivity contribution >= 4 is 27.6 Å². The van der Waals surface area contributed by atoms with Crippen LogP contribution in [0.25, 0.3) is 0 Å². The average Bonchev–Trinajstić information content (AvgIpc) is 2.36. The van der Waals surface area contributed by atoms with E-state index in [0.29, 0.717) is 12.2 Å². The van der Waals surface area contributed by atoms with E-state index in [2.05, 4.69) is 4.72 Å². The number of aliphatic carboxylic acids is 1. The number of methoxy groups -OCH3 is 1. The van der Waals surface area contributed by atoms with Crippen molar-refractivity contribution in [1.29, 1.82) is 0 Å². The summed E-state index contributed by atoms with van der Waals surface area (Å²) < 4.78 is 31.6. The first-order valence-electron chi connectivity index (χ1n) is 5.87. The van der Waals surface area contributed by atoms with Gasteiger partial charge in [0.05, 0.1) is 23.4 Å². The number of rotatable bonds is 7. The minimum absolute atomic E-state index is 0.0351. The Balaban J connectivity index is 2.98. The number of benzene rings is 1. The molecule has 0 aromatic heterocycles. The largest absolute Gasteiger partial charge is 0.495 e. The van der Waals surface area contributed by atoms with Crippen molar-refractivity contribution in [2.75, 3.05) is 7.11 Å². The van der Waals surface area contributed by atoms with Gasteiger partial charge in [-0.1, -0.05) is 18.5 Å². The lowest BCUT2D eigenvalue weighted by molar-refractivity contribution is -0.137. The zero-order valence-electron chi connectivity index (χ0n) is 11.1. The molecule has 1 unspecified atom stereocenters. The second-order valence-corrected chi connectivity index (χ2v) is 6.24. The summed E-state index contributed by atoms with van der Waals surface area (Å²) in [6.45, 7) is 1.71. The Kier molecular flexibility index (Phi) is 5.79. The number of ether oxygens (including phenoxy) is 1. The number of carboxylic acids is 1. The maximum Gasteiger partial charge on any atom is 0.304 e. The lowest BCUT2D eigenvalue weighted by Gasteiger charge is -2.15. The van der Waals surface area contributed by atoms with Crippen LogP contribution in [0.1, 0.15) is 19.8 Å². The van der Waals surface area contributed by atoms with Gasteiger partial charge in [0.15, 0.2) is 0 Å². The molecule has 1 aromatic carbocycles. The zero-order chi connectivity index (χ0) is 15.3. The maximum atomic E-state index is 12.1. The van der Waals surface area contributed by atoms with Gasteiger partial charge in [-0.25, -0.2) is 13.1 Å². The van der Waals surface area contributed by atoms with E-state index in [4.69, 9.17) is 21.4 Å². The van der Waals surface area contributed by atoms with Gasteiger partial charge in [-0.05, 0) is 24.6 Å². The summed E-state index contributed by atoms with van der Waals surface area (Å²) in [5.74, 6) is -0.699. The van der Waals surface area contributed by atoms with Crippen LogP contribution in [0.2, 0.25) is 5.02 Å². The van der Waals surface area contributed by atoms with Crippen LogP contribution in [0.15, 0.2) is 23.1 Å². The minimum atomic E-state index is -3.82. The molecule has 8 heteroatoms. The first-order valence-corrected chi connectivity index (χ1v) is 7.74. The first kappa shape index (κ1) is 16.7. The van der Waals surface area contributed by atoms with Gasteiger partial charge in [0.25, 0.3) is 0 Å². The van der Waals surface area contributed by atoms with Crippen molar-refractivity contribution in [2.45, 2.75) is 30.7 Å². The molecule has 0 radical (unpaired) electrons. The summed E-state index contributed by atoms with van der Waals surface area (Å²) in [6, 6.07) is 3.38. The van der Waals surface area contributed by atoms with Gasteiger partial charge in [0, 0.05) is 6.04 Å². The molecule has 2 N–H and O–H groups in total. The third kappa shape index (κ3) is 4.36. The summed E-state index contributed by atoms with van der Waals surface area (Å²) in [6.07, 6.45) is 0.0923. The molecule has 1 atom stereocenters.